The molecule has 0 spiro atoms. The van der Waals surface area contributed by atoms with Gasteiger partial charge in [-0.05, 0) is 42.2 Å². The number of fused-ring (bicyclic) bond motifs is 3. The SMILES string of the molecule is CS(=O)(=O)c1c([C@@H]2C[C@H]3CC[C@@H](C2)N3C(=O)c2nnn[nH]2)nc2c(-c3ccc(-c4ccccc4)nc3)cnn2c1N. The van der Waals surface area contributed by atoms with E-state index in [0.29, 0.717) is 29.7 Å². The molecule has 1 amide bonds. The second-order valence-electron chi connectivity index (χ2n) is 10.6. The van der Waals surface area contributed by atoms with Gasteiger partial charge in [0.25, 0.3) is 5.91 Å². The first kappa shape index (κ1) is 25.3. The fourth-order valence-corrected chi connectivity index (χ4v) is 7.37. The highest BCUT2D eigenvalue weighted by atomic mass is 32.2. The molecule has 41 heavy (non-hydrogen) atoms. The fraction of sp³-hybridized carbons (Fsp3) is 0.296. The number of carbonyl (C=O) groups is 1. The summed E-state index contributed by atoms with van der Waals surface area (Å²) in [7, 11) is -3.75. The number of nitrogen functional groups attached to an aromatic ring is 1. The van der Waals surface area contributed by atoms with Gasteiger partial charge in [-0.2, -0.15) is 9.61 Å². The molecule has 1 aromatic carbocycles. The average molecular weight is 571 g/mol. The van der Waals surface area contributed by atoms with Gasteiger partial charge in [-0.3, -0.25) is 9.78 Å². The number of amides is 1. The van der Waals surface area contributed by atoms with E-state index in [0.717, 1.165) is 35.9 Å². The van der Waals surface area contributed by atoms with Crippen molar-refractivity contribution >= 4 is 27.2 Å². The maximum absolute atomic E-state index is 13.1. The molecule has 3 N–H and O–H groups in total. The van der Waals surface area contributed by atoms with Crippen LogP contribution in [0.1, 0.15) is 47.9 Å². The number of hydrogen-bond acceptors (Lipinski definition) is 10. The number of carbonyl (C=O) groups excluding carboxylic acids is 1. The Bertz CT molecular complexity index is 1860. The van der Waals surface area contributed by atoms with Crippen LogP contribution in [0, 0.1) is 0 Å². The van der Waals surface area contributed by atoms with E-state index in [4.69, 9.17) is 10.7 Å². The zero-order chi connectivity index (χ0) is 28.3. The molecule has 2 saturated heterocycles. The lowest BCUT2D eigenvalue weighted by molar-refractivity contribution is 0.0555. The molecule has 2 aliphatic heterocycles. The normalized spacial score (nSPS) is 20.5. The Kier molecular flexibility index (Phi) is 5.81. The van der Waals surface area contributed by atoms with E-state index < -0.39 is 9.84 Å². The maximum atomic E-state index is 13.1. The Morgan fingerprint density at radius 3 is 2.41 bits per heavy atom. The largest absolute Gasteiger partial charge is 0.382 e. The van der Waals surface area contributed by atoms with Crippen molar-refractivity contribution in [2.45, 2.75) is 48.6 Å². The Balaban J connectivity index is 1.29. The van der Waals surface area contributed by atoms with Crippen molar-refractivity contribution in [3.05, 3.63) is 66.4 Å². The van der Waals surface area contributed by atoms with Crippen LogP contribution in [0.25, 0.3) is 28.0 Å². The predicted octanol–water partition coefficient (Wildman–Crippen LogP) is 2.51. The van der Waals surface area contributed by atoms with Crippen LogP contribution in [0.4, 0.5) is 5.82 Å². The molecular weight excluding hydrogens is 544 g/mol. The van der Waals surface area contributed by atoms with Crippen molar-refractivity contribution in [2.24, 2.45) is 0 Å². The van der Waals surface area contributed by atoms with Gasteiger partial charge in [-0.1, -0.05) is 36.4 Å². The summed E-state index contributed by atoms with van der Waals surface area (Å²) < 4.78 is 27.5. The highest BCUT2D eigenvalue weighted by Gasteiger charge is 2.46. The molecule has 2 bridgehead atoms. The Morgan fingerprint density at radius 2 is 1.78 bits per heavy atom. The van der Waals surface area contributed by atoms with Gasteiger partial charge in [0.2, 0.25) is 5.82 Å². The minimum atomic E-state index is -3.75. The maximum Gasteiger partial charge on any atom is 0.293 e. The van der Waals surface area contributed by atoms with E-state index in [1.165, 1.54) is 4.52 Å². The average Bonchev–Trinajstić information content (AvgIpc) is 3.71. The number of piperidine rings is 1. The third-order valence-corrected chi connectivity index (χ3v) is 9.24. The van der Waals surface area contributed by atoms with Crippen molar-refractivity contribution in [1.82, 2.24) is 45.1 Å². The van der Waals surface area contributed by atoms with E-state index in [2.05, 4.69) is 30.7 Å². The van der Waals surface area contributed by atoms with Crippen LogP contribution < -0.4 is 5.73 Å². The number of tetrazole rings is 1. The minimum Gasteiger partial charge on any atom is -0.382 e. The predicted molar refractivity (Wildman–Crippen MR) is 148 cm³/mol. The smallest absolute Gasteiger partial charge is 0.293 e. The van der Waals surface area contributed by atoms with Crippen LogP contribution in [0.2, 0.25) is 0 Å². The lowest BCUT2D eigenvalue weighted by atomic mass is 9.87. The van der Waals surface area contributed by atoms with Crippen LogP contribution in [0.5, 0.6) is 0 Å². The molecular formula is C27H26N10O3S. The molecule has 4 aromatic heterocycles. The molecule has 14 heteroatoms. The number of aromatic nitrogens is 8. The Hall–Kier alpha value is -4.72. The molecule has 13 nitrogen and oxygen atoms in total. The number of anilines is 1. The molecule has 208 valence electrons. The number of rotatable bonds is 5. The van der Waals surface area contributed by atoms with Gasteiger partial charge in [0, 0.05) is 47.1 Å². The quantitative estimate of drug-likeness (QED) is 0.319. The molecule has 5 aromatic rings. The molecule has 2 aliphatic rings. The van der Waals surface area contributed by atoms with Crippen LogP contribution >= 0.6 is 0 Å². The number of hydrogen-bond donors (Lipinski definition) is 2. The monoisotopic (exact) mass is 570 g/mol. The summed E-state index contributed by atoms with van der Waals surface area (Å²) in [4.78, 5) is 24.5. The number of nitrogens with zero attached hydrogens (tertiary/aromatic N) is 8. The molecule has 2 fully saturated rings. The Labute approximate surface area is 234 Å². The molecule has 7 rings (SSSR count). The third-order valence-electron chi connectivity index (χ3n) is 8.08. The van der Waals surface area contributed by atoms with E-state index in [-0.39, 0.29) is 40.4 Å². The van der Waals surface area contributed by atoms with Gasteiger partial charge < -0.3 is 10.6 Å². The summed E-state index contributed by atoms with van der Waals surface area (Å²) in [5, 5.41) is 17.8. The molecule has 0 radical (unpaired) electrons. The summed E-state index contributed by atoms with van der Waals surface area (Å²) in [5.74, 6) is -0.359. The lowest BCUT2D eigenvalue weighted by Crippen LogP contribution is -2.46. The second-order valence-corrected chi connectivity index (χ2v) is 12.5. The van der Waals surface area contributed by atoms with Gasteiger partial charge in [0.05, 0.1) is 17.6 Å². The van der Waals surface area contributed by atoms with Crippen molar-refractivity contribution < 1.29 is 13.2 Å². The van der Waals surface area contributed by atoms with Gasteiger partial charge in [-0.25, -0.2) is 18.5 Å². The van der Waals surface area contributed by atoms with Crippen LogP contribution in [0.3, 0.4) is 0 Å². The number of nitrogens with one attached hydrogen (secondary N) is 1. The zero-order valence-corrected chi connectivity index (χ0v) is 22.9. The third kappa shape index (κ3) is 4.22. The number of H-pyrrole nitrogens is 1. The molecule has 0 unspecified atom stereocenters. The molecule has 3 atom stereocenters. The topological polar surface area (TPSA) is 178 Å². The van der Waals surface area contributed by atoms with Crippen molar-refractivity contribution in [2.75, 3.05) is 12.0 Å². The molecule has 0 saturated carbocycles. The Morgan fingerprint density at radius 1 is 1.02 bits per heavy atom. The molecule has 0 aliphatic carbocycles. The first-order valence-electron chi connectivity index (χ1n) is 13.2. The van der Waals surface area contributed by atoms with E-state index in [1.807, 2.05) is 47.4 Å². The minimum absolute atomic E-state index is 0.0131. The second kappa shape index (κ2) is 9.44. The van der Waals surface area contributed by atoms with E-state index in [9.17, 15) is 13.2 Å². The lowest BCUT2D eigenvalue weighted by Gasteiger charge is -2.38. The van der Waals surface area contributed by atoms with Crippen molar-refractivity contribution in [3.8, 4) is 22.4 Å². The summed E-state index contributed by atoms with van der Waals surface area (Å²) in [6.45, 7) is 0. The van der Waals surface area contributed by atoms with Crippen LogP contribution in [0.15, 0.2) is 59.8 Å². The van der Waals surface area contributed by atoms with Gasteiger partial charge in [0.1, 0.15) is 10.7 Å². The highest BCUT2D eigenvalue weighted by molar-refractivity contribution is 7.91. The van der Waals surface area contributed by atoms with E-state index in [1.54, 1.807) is 12.4 Å². The van der Waals surface area contributed by atoms with Crippen molar-refractivity contribution in [1.29, 1.82) is 0 Å². The first-order valence-corrected chi connectivity index (χ1v) is 15.1. The number of benzene rings is 1. The summed E-state index contributed by atoms with van der Waals surface area (Å²) in [6.07, 6.45) is 7.22. The zero-order valence-electron chi connectivity index (χ0n) is 22.0. The summed E-state index contributed by atoms with van der Waals surface area (Å²) >= 11 is 0. The standard InChI is InChI=1S/C27H26N10O3S/c1-41(39,40)23-22(17-11-18-8-9-19(12-17)36(18)27(38)25-32-34-35-33-25)31-26-20(14-30-37(26)24(23)28)16-7-10-21(29-13-16)15-5-3-2-4-6-15/h2-7,10,13-14,17-19H,8-9,11-12,28H2,1H3,(H,32,33,34,35)/t17-,18-,19+. The van der Waals surface area contributed by atoms with E-state index >= 15 is 0 Å². The van der Waals surface area contributed by atoms with Crippen molar-refractivity contribution in [3.63, 3.8) is 0 Å². The first-order chi connectivity index (χ1) is 19.8. The van der Waals surface area contributed by atoms with Gasteiger partial charge >= 0.3 is 0 Å². The van der Waals surface area contributed by atoms with Gasteiger partial charge in [-0.15, -0.1) is 5.10 Å². The fourth-order valence-electron chi connectivity index (χ4n) is 6.32. The number of aromatic amines is 1. The summed E-state index contributed by atoms with van der Waals surface area (Å²) in [6, 6.07) is 13.5. The number of sulfone groups is 1. The molecule has 6 heterocycles. The van der Waals surface area contributed by atoms with Crippen LogP contribution in [-0.2, 0) is 9.84 Å². The summed E-state index contributed by atoms with van der Waals surface area (Å²) in [5.41, 5.74) is 10.7. The highest BCUT2D eigenvalue weighted by Crippen LogP contribution is 2.45. The number of pyridine rings is 1. The number of nitrogens with two attached hydrogens (primary N) is 1. The van der Waals surface area contributed by atoms with Gasteiger partial charge in [0.15, 0.2) is 15.5 Å². The van der Waals surface area contributed by atoms with Crippen LogP contribution in [-0.4, -0.2) is 77.8 Å².